The van der Waals surface area contributed by atoms with E-state index in [1.165, 1.54) is 6.20 Å². The number of hydrogen-bond acceptors (Lipinski definition) is 3. The minimum atomic E-state index is -0.0311. The molecule has 86 valence electrons. The Morgan fingerprint density at radius 2 is 1.82 bits per heavy atom. The van der Waals surface area contributed by atoms with Crippen LogP contribution in [0.4, 0.5) is 0 Å². The summed E-state index contributed by atoms with van der Waals surface area (Å²) in [5.74, 6) is -0.0311. The Hall–Kier alpha value is -1.45. The van der Waals surface area contributed by atoms with E-state index in [1.807, 2.05) is 0 Å². The van der Waals surface area contributed by atoms with Gasteiger partial charge in [0.15, 0.2) is 5.78 Å². The number of carbonyl (C=O) groups is 1. The Kier molecular flexibility index (Phi) is 3.71. The summed E-state index contributed by atoms with van der Waals surface area (Å²) in [5.41, 5.74) is 1.20. The second-order valence-corrected chi connectivity index (χ2v) is 4.20. The molecular formula is C12H8Cl2N2O. The predicted molar refractivity (Wildman–Crippen MR) is 66.5 cm³/mol. The number of aromatic nitrogens is 2. The van der Waals surface area contributed by atoms with Crippen molar-refractivity contribution in [1.82, 2.24) is 9.97 Å². The smallest absolute Gasteiger partial charge is 0.222 e. The zero-order chi connectivity index (χ0) is 12.3. The van der Waals surface area contributed by atoms with E-state index in [0.29, 0.717) is 16.3 Å². The van der Waals surface area contributed by atoms with Crippen LogP contribution in [0.1, 0.15) is 16.1 Å². The van der Waals surface area contributed by atoms with Crippen LogP contribution in [-0.4, -0.2) is 15.8 Å². The number of rotatable bonds is 3. The van der Waals surface area contributed by atoms with E-state index in [0.717, 1.165) is 0 Å². The highest BCUT2D eigenvalue weighted by Crippen LogP contribution is 2.12. The van der Waals surface area contributed by atoms with Crippen molar-refractivity contribution in [3.8, 4) is 0 Å². The maximum atomic E-state index is 11.9. The van der Waals surface area contributed by atoms with Crippen LogP contribution < -0.4 is 0 Å². The number of nitrogens with zero attached hydrogens (tertiary/aromatic N) is 2. The monoisotopic (exact) mass is 266 g/mol. The molecule has 0 aliphatic heterocycles. The summed E-state index contributed by atoms with van der Waals surface area (Å²) in [6, 6.07) is 8.41. The van der Waals surface area contributed by atoms with Crippen LogP contribution in [0.2, 0.25) is 10.3 Å². The molecular weight excluding hydrogens is 259 g/mol. The summed E-state index contributed by atoms with van der Waals surface area (Å²) in [7, 11) is 0. The van der Waals surface area contributed by atoms with Gasteiger partial charge in [-0.25, -0.2) is 9.97 Å². The van der Waals surface area contributed by atoms with Crippen molar-refractivity contribution in [3.05, 3.63) is 58.1 Å². The SMILES string of the molecule is O=C(Cc1ccnc(Cl)n1)c1ccc(Cl)cc1. The van der Waals surface area contributed by atoms with E-state index in [-0.39, 0.29) is 17.5 Å². The number of ketones is 1. The molecule has 1 aromatic heterocycles. The lowest BCUT2D eigenvalue weighted by molar-refractivity contribution is 0.0992. The van der Waals surface area contributed by atoms with Crippen LogP contribution in [0.3, 0.4) is 0 Å². The average Bonchev–Trinajstić information content (AvgIpc) is 2.29. The minimum absolute atomic E-state index is 0.0311. The van der Waals surface area contributed by atoms with E-state index in [1.54, 1.807) is 30.3 Å². The van der Waals surface area contributed by atoms with Crippen molar-refractivity contribution in [3.63, 3.8) is 0 Å². The second-order valence-electron chi connectivity index (χ2n) is 3.42. The van der Waals surface area contributed by atoms with Gasteiger partial charge in [0.1, 0.15) is 0 Å². The molecule has 0 bridgehead atoms. The van der Waals surface area contributed by atoms with Gasteiger partial charge in [-0.2, -0.15) is 0 Å². The first-order valence-corrected chi connectivity index (χ1v) is 5.67. The van der Waals surface area contributed by atoms with Crippen LogP contribution >= 0.6 is 23.2 Å². The van der Waals surface area contributed by atoms with Crippen molar-refractivity contribution in [2.75, 3.05) is 0 Å². The summed E-state index contributed by atoms with van der Waals surface area (Å²) in [6.07, 6.45) is 1.73. The summed E-state index contributed by atoms with van der Waals surface area (Å²) in [6.45, 7) is 0. The van der Waals surface area contributed by atoms with Gasteiger partial charge in [0.25, 0.3) is 0 Å². The van der Waals surface area contributed by atoms with Crippen molar-refractivity contribution >= 4 is 29.0 Å². The van der Waals surface area contributed by atoms with Crippen LogP contribution in [0, 0.1) is 0 Å². The Morgan fingerprint density at radius 1 is 1.12 bits per heavy atom. The second kappa shape index (κ2) is 5.25. The minimum Gasteiger partial charge on any atom is -0.294 e. The summed E-state index contributed by atoms with van der Waals surface area (Å²) < 4.78 is 0. The first-order chi connectivity index (χ1) is 8.15. The topological polar surface area (TPSA) is 42.9 Å². The molecule has 2 aromatic rings. The molecule has 0 aliphatic carbocycles. The van der Waals surface area contributed by atoms with Gasteiger partial charge in [-0.05, 0) is 41.9 Å². The lowest BCUT2D eigenvalue weighted by Crippen LogP contribution is -2.05. The molecule has 1 heterocycles. The first-order valence-electron chi connectivity index (χ1n) is 4.91. The molecule has 5 heteroatoms. The molecule has 3 nitrogen and oxygen atoms in total. The lowest BCUT2D eigenvalue weighted by Gasteiger charge is -2.01. The summed E-state index contributed by atoms with van der Waals surface area (Å²) >= 11 is 11.4. The summed E-state index contributed by atoms with van der Waals surface area (Å²) in [5, 5.41) is 0.748. The van der Waals surface area contributed by atoms with Crippen molar-refractivity contribution in [1.29, 1.82) is 0 Å². The van der Waals surface area contributed by atoms with Crippen LogP contribution in [0.15, 0.2) is 36.5 Å². The van der Waals surface area contributed by atoms with E-state index in [9.17, 15) is 4.79 Å². The molecule has 0 amide bonds. The molecule has 1 aromatic carbocycles. The van der Waals surface area contributed by atoms with Gasteiger partial charge in [0.2, 0.25) is 5.28 Å². The average molecular weight is 267 g/mol. The molecule has 0 saturated heterocycles. The molecule has 0 spiro atoms. The highest BCUT2D eigenvalue weighted by atomic mass is 35.5. The predicted octanol–water partition coefficient (Wildman–Crippen LogP) is 3.21. The fourth-order valence-corrected chi connectivity index (χ4v) is 1.66. The molecule has 0 aliphatic rings. The summed E-state index contributed by atoms with van der Waals surface area (Å²) in [4.78, 5) is 19.6. The quantitative estimate of drug-likeness (QED) is 0.633. The normalized spacial score (nSPS) is 10.2. The number of halogens is 2. The first kappa shape index (κ1) is 12.0. The van der Waals surface area contributed by atoms with Gasteiger partial charge in [-0.1, -0.05) is 11.6 Å². The maximum absolute atomic E-state index is 11.9. The molecule has 0 N–H and O–H groups in total. The highest BCUT2D eigenvalue weighted by Gasteiger charge is 2.08. The molecule has 2 rings (SSSR count). The standard InChI is InChI=1S/C12H8Cl2N2O/c13-9-3-1-8(2-4-9)11(17)7-10-5-6-15-12(14)16-10/h1-6H,7H2. The molecule has 17 heavy (non-hydrogen) atoms. The van der Waals surface area contributed by atoms with Gasteiger partial charge in [-0.15, -0.1) is 0 Å². The third kappa shape index (κ3) is 3.25. The van der Waals surface area contributed by atoms with E-state index >= 15 is 0 Å². The molecule has 0 fully saturated rings. The van der Waals surface area contributed by atoms with Crippen LogP contribution in [0.25, 0.3) is 0 Å². The number of benzene rings is 1. The zero-order valence-electron chi connectivity index (χ0n) is 8.73. The molecule has 0 radical (unpaired) electrons. The van der Waals surface area contributed by atoms with Gasteiger partial charge < -0.3 is 0 Å². The van der Waals surface area contributed by atoms with E-state index < -0.39 is 0 Å². The van der Waals surface area contributed by atoms with Gasteiger partial charge in [0, 0.05) is 16.8 Å². The number of carbonyl (C=O) groups excluding carboxylic acids is 1. The Bertz CT molecular complexity index is 540. The van der Waals surface area contributed by atoms with Crippen molar-refractivity contribution < 1.29 is 4.79 Å². The van der Waals surface area contributed by atoms with E-state index in [4.69, 9.17) is 23.2 Å². The third-order valence-electron chi connectivity index (χ3n) is 2.19. The maximum Gasteiger partial charge on any atom is 0.222 e. The van der Waals surface area contributed by atoms with Crippen LogP contribution in [0.5, 0.6) is 0 Å². The fraction of sp³-hybridized carbons (Fsp3) is 0.0833. The van der Waals surface area contributed by atoms with Crippen LogP contribution in [-0.2, 0) is 6.42 Å². The van der Waals surface area contributed by atoms with Gasteiger partial charge in [-0.3, -0.25) is 4.79 Å². The van der Waals surface area contributed by atoms with Crippen molar-refractivity contribution in [2.24, 2.45) is 0 Å². The van der Waals surface area contributed by atoms with Crippen molar-refractivity contribution in [2.45, 2.75) is 6.42 Å². The zero-order valence-corrected chi connectivity index (χ0v) is 10.2. The Morgan fingerprint density at radius 3 is 2.47 bits per heavy atom. The largest absolute Gasteiger partial charge is 0.294 e. The third-order valence-corrected chi connectivity index (χ3v) is 2.63. The van der Waals surface area contributed by atoms with Gasteiger partial charge in [0.05, 0.1) is 12.1 Å². The number of Topliss-reactive ketones (excluding diaryl/α,β-unsaturated/α-hetero) is 1. The lowest BCUT2D eigenvalue weighted by atomic mass is 10.1. The molecule has 0 atom stereocenters. The number of hydrogen-bond donors (Lipinski definition) is 0. The van der Waals surface area contributed by atoms with E-state index in [2.05, 4.69) is 9.97 Å². The van der Waals surface area contributed by atoms with Gasteiger partial charge >= 0.3 is 0 Å². The Balaban J connectivity index is 2.14. The fourth-order valence-electron chi connectivity index (χ4n) is 1.37. The Labute approximate surface area is 108 Å². The molecule has 0 unspecified atom stereocenters. The molecule has 0 saturated carbocycles. The highest BCUT2D eigenvalue weighted by molar-refractivity contribution is 6.30.